The van der Waals surface area contributed by atoms with E-state index in [1.165, 1.54) is 38.5 Å². The second-order valence-electron chi connectivity index (χ2n) is 4.09. The first-order valence-electron chi connectivity index (χ1n) is 5.42. The average molecular weight is 195 g/mol. The van der Waals surface area contributed by atoms with Gasteiger partial charge in [0.25, 0.3) is 0 Å². The molecule has 14 heavy (non-hydrogen) atoms. The second-order valence-corrected chi connectivity index (χ2v) is 4.09. The van der Waals surface area contributed by atoms with E-state index in [-0.39, 0.29) is 6.61 Å². The van der Waals surface area contributed by atoms with E-state index in [0.29, 0.717) is 0 Å². The molecule has 0 atom stereocenters. The van der Waals surface area contributed by atoms with E-state index >= 15 is 0 Å². The van der Waals surface area contributed by atoms with Crippen LogP contribution in [0, 0.1) is 5.92 Å². The van der Waals surface area contributed by atoms with Crippen LogP contribution in [0.15, 0.2) is 10.8 Å². The lowest BCUT2D eigenvalue weighted by molar-refractivity contribution is 0.270. The molecular formula is C11H17NO2. The zero-order chi connectivity index (χ0) is 9.80. The molecule has 78 valence electrons. The molecule has 0 bridgehead atoms. The van der Waals surface area contributed by atoms with Crippen molar-refractivity contribution < 1.29 is 9.52 Å². The average Bonchev–Trinajstić information content (AvgIpc) is 2.67. The summed E-state index contributed by atoms with van der Waals surface area (Å²) in [6.45, 7) is -0.00144. The molecule has 1 saturated carbocycles. The van der Waals surface area contributed by atoms with Gasteiger partial charge in [0.1, 0.15) is 11.5 Å². The van der Waals surface area contributed by atoms with E-state index in [0.717, 1.165) is 23.8 Å². The fourth-order valence-corrected chi connectivity index (χ4v) is 2.24. The van der Waals surface area contributed by atoms with E-state index < -0.39 is 0 Å². The highest BCUT2D eigenvalue weighted by molar-refractivity contribution is 5.06. The molecule has 3 nitrogen and oxygen atoms in total. The molecule has 1 aromatic heterocycles. The molecule has 0 amide bonds. The number of aliphatic hydroxyl groups excluding tert-OH is 1. The smallest absolute Gasteiger partial charge is 0.181 e. The maximum atomic E-state index is 9.01. The van der Waals surface area contributed by atoms with Crippen LogP contribution in [0.2, 0.25) is 0 Å². The number of hydrogen-bond donors (Lipinski definition) is 1. The molecule has 3 heteroatoms. The predicted octanol–water partition coefficient (Wildman–Crippen LogP) is 2.29. The van der Waals surface area contributed by atoms with E-state index in [9.17, 15) is 0 Å². The Balaban J connectivity index is 1.95. The lowest BCUT2D eigenvalue weighted by Crippen LogP contribution is -2.09. The molecule has 1 aliphatic carbocycles. The van der Waals surface area contributed by atoms with Gasteiger partial charge in [-0.15, -0.1) is 0 Å². The Morgan fingerprint density at radius 2 is 2.14 bits per heavy atom. The van der Waals surface area contributed by atoms with Crippen LogP contribution in [0.1, 0.15) is 43.6 Å². The van der Waals surface area contributed by atoms with Crippen LogP contribution in [-0.4, -0.2) is 10.1 Å². The molecule has 0 saturated heterocycles. The Labute approximate surface area is 84.2 Å². The lowest BCUT2D eigenvalue weighted by Gasteiger charge is -2.20. The number of rotatable bonds is 3. The summed E-state index contributed by atoms with van der Waals surface area (Å²) < 4.78 is 5.29. The summed E-state index contributed by atoms with van der Waals surface area (Å²) in [5, 5.41) is 9.01. The van der Waals surface area contributed by atoms with Crippen LogP contribution in [0.3, 0.4) is 0 Å². The molecule has 0 radical (unpaired) electrons. The summed E-state index contributed by atoms with van der Waals surface area (Å²) in [7, 11) is 0. The first-order valence-corrected chi connectivity index (χ1v) is 5.42. The Morgan fingerprint density at radius 1 is 1.36 bits per heavy atom. The molecule has 1 heterocycles. The second kappa shape index (κ2) is 4.60. The minimum Gasteiger partial charge on any atom is -0.448 e. The van der Waals surface area contributed by atoms with Gasteiger partial charge < -0.3 is 9.52 Å². The summed E-state index contributed by atoms with van der Waals surface area (Å²) in [6, 6.07) is 0. The van der Waals surface area contributed by atoms with Crippen molar-refractivity contribution in [2.75, 3.05) is 0 Å². The van der Waals surface area contributed by atoms with Crippen molar-refractivity contribution in [1.29, 1.82) is 0 Å². The maximum absolute atomic E-state index is 9.01. The SMILES string of the molecule is OCc1ncoc1CC1CCCCC1. The van der Waals surface area contributed by atoms with Gasteiger partial charge in [-0.3, -0.25) is 0 Å². The summed E-state index contributed by atoms with van der Waals surface area (Å²) in [4.78, 5) is 3.98. The number of nitrogens with zero attached hydrogens (tertiary/aromatic N) is 1. The third-order valence-corrected chi connectivity index (χ3v) is 3.07. The molecular weight excluding hydrogens is 178 g/mol. The largest absolute Gasteiger partial charge is 0.448 e. The molecule has 1 N–H and O–H groups in total. The number of hydrogen-bond acceptors (Lipinski definition) is 3. The lowest BCUT2D eigenvalue weighted by atomic mass is 9.86. The molecule has 0 spiro atoms. The normalized spacial score (nSPS) is 18.6. The Kier molecular flexibility index (Phi) is 3.19. The zero-order valence-electron chi connectivity index (χ0n) is 8.41. The van der Waals surface area contributed by atoms with Gasteiger partial charge in [-0.05, 0) is 5.92 Å². The monoisotopic (exact) mass is 195 g/mol. The van der Waals surface area contributed by atoms with E-state index in [2.05, 4.69) is 4.98 Å². The topological polar surface area (TPSA) is 46.3 Å². The van der Waals surface area contributed by atoms with Gasteiger partial charge >= 0.3 is 0 Å². The standard InChI is InChI=1S/C11H17NO2/c13-7-10-11(14-8-12-10)6-9-4-2-1-3-5-9/h8-9,13H,1-7H2. The van der Waals surface area contributed by atoms with Gasteiger partial charge in [0.05, 0.1) is 6.61 Å². The number of aliphatic hydroxyl groups is 1. The molecule has 1 aliphatic rings. The van der Waals surface area contributed by atoms with Gasteiger partial charge in [-0.2, -0.15) is 0 Å². The number of aromatic nitrogens is 1. The third kappa shape index (κ3) is 2.15. The van der Waals surface area contributed by atoms with Crippen LogP contribution in [0.4, 0.5) is 0 Å². The van der Waals surface area contributed by atoms with Crippen molar-refractivity contribution in [2.45, 2.75) is 45.1 Å². The summed E-state index contributed by atoms with van der Waals surface area (Å²) in [5.41, 5.74) is 0.718. The number of oxazole rings is 1. The summed E-state index contributed by atoms with van der Waals surface area (Å²) in [6.07, 6.45) is 9.04. The van der Waals surface area contributed by atoms with E-state index in [4.69, 9.17) is 9.52 Å². The summed E-state index contributed by atoms with van der Waals surface area (Å²) >= 11 is 0. The van der Waals surface area contributed by atoms with Crippen molar-refractivity contribution >= 4 is 0 Å². The maximum Gasteiger partial charge on any atom is 0.181 e. The highest BCUT2D eigenvalue weighted by Gasteiger charge is 2.17. The van der Waals surface area contributed by atoms with Crippen molar-refractivity contribution in [2.24, 2.45) is 5.92 Å². The van der Waals surface area contributed by atoms with Crippen LogP contribution in [0.25, 0.3) is 0 Å². The fraction of sp³-hybridized carbons (Fsp3) is 0.727. The van der Waals surface area contributed by atoms with Gasteiger partial charge in [0.15, 0.2) is 6.39 Å². The Bertz CT molecular complexity index is 277. The molecule has 0 unspecified atom stereocenters. The van der Waals surface area contributed by atoms with Gasteiger partial charge in [0.2, 0.25) is 0 Å². The van der Waals surface area contributed by atoms with Crippen LogP contribution in [-0.2, 0) is 13.0 Å². The Morgan fingerprint density at radius 3 is 2.86 bits per heavy atom. The van der Waals surface area contributed by atoms with Crippen molar-refractivity contribution in [3.8, 4) is 0 Å². The minimum atomic E-state index is -0.00144. The molecule has 2 rings (SSSR count). The van der Waals surface area contributed by atoms with Crippen molar-refractivity contribution in [1.82, 2.24) is 4.98 Å². The zero-order valence-corrected chi connectivity index (χ0v) is 8.41. The van der Waals surface area contributed by atoms with E-state index in [1.54, 1.807) is 0 Å². The quantitative estimate of drug-likeness (QED) is 0.804. The molecule has 0 aliphatic heterocycles. The van der Waals surface area contributed by atoms with Gasteiger partial charge in [0, 0.05) is 6.42 Å². The first-order chi connectivity index (χ1) is 6.90. The highest BCUT2D eigenvalue weighted by Crippen LogP contribution is 2.27. The first kappa shape index (κ1) is 9.71. The van der Waals surface area contributed by atoms with Crippen molar-refractivity contribution in [3.05, 3.63) is 17.8 Å². The van der Waals surface area contributed by atoms with Gasteiger partial charge in [-0.25, -0.2) is 4.98 Å². The fourth-order valence-electron chi connectivity index (χ4n) is 2.24. The van der Waals surface area contributed by atoms with Crippen LogP contribution < -0.4 is 0 Å². The predicted molar refractivity (Wildman–Crippen MR) is 52.7 cm³/mol. The Hall–Kier alpha value is -0.830. The van der Waals surface area contributed by atoms with Crippen LogP contribution in [0.5, 0.6) is 0 Å². The molecule has 1 fully saturated rings. The third-order valence-electron chi connectivity index (χ3n) is 3.07. The molecule has 1 aromatic rings. The van der Waals surface area contributed by atoms with Crippen molar-refractivity contribution in [3.63, 3.8) is 0 Å². The van der Waals surface area contributed by atoms with E-state index in [1.807, 2.05) is 0 Å². The van der Waals surface area contributed by atoms with Gasteiger partial charge in [-0.1, -0.05) is 32.1 Å². The highest BCUT2D eigenvalue weighted by atomic mass is 16.3. The molecule has 0 aromatic carbocycles. The summed E-state index contributed by atoms with van der Waals surface area (Å²) in [5.74, 6) is 1.63. The van der Waals surface area contributed by atoms with Crippen LogP contribution >= 0.6 is 0 Å². The minimum absolute atomic E-state index is 0.00144.